The van der Waals surface area contributed by atoms with Crippen LogP contribution in [0.3, 0.4) is 0 Å². The minimum Gasteiger partial charge on any atom is -0.459 e. The fraction of sp³-hybridized carbons (Fsp3) is 0.909. The molecule has 2 fully saturated rings. The average molecular weight is 214 g/mol. The number of rotatable bonds is 3. The molecule has 0 spiro atoms. The van der Waals surface area contributed by atoms with Crippen molar-refractivity contribution in [3.8, 4) is 0 Å². The van der Waals surface area contributed by atoms with Crippen molar-refractivity contribution in [1.82, 2.24) is 0 Å². The summed E-state index contributed by atoms with van der Waals surface area (Å²) in [6, 6.07) is 0. The van der Waals surface area contributed by atoms with E-state index >= 15 is 0 Å². The van der Waals surface area contributed by atoms with Gasteiger partial charge in [0.05, 0.1) is 12.0 Å². The molecule has 0 radical (unpaired) electrons. The predicted molar refractivity (Wildman–Crippen MR) is 52.9 cm³/mol. The maximum Gasteiger partial charge on any atom is 0.312 e. The van der Waals surface area contributed by atoms with Gasteiger partial charge in [0.15, 0.2) is 5.79 Å². The van der Waals surface area contributed by atoms with Gasteiger partial charge in [-0.2, -0.15) is 0 Å². The molecule has 2 rings (SSSR count). The second-order valence-corrected chi connectivity index (χ2v) is 5.30. The van der Waals surface area contributed by atoms with Crippen LogP contribution in [0.4, 0.5) is 0 Å². The highest BCUT2D eigenvalue weighted by Gasteiger charge is 2.73. The lowest BCUT2D eigenvalue weighted by molar-refractivity contribution is -0.196. The molecule has 1 saturated heterocycles. The fourth-order valence-corrected chi connectivity index (χ4v) is 2.56. The number of fused-ring (bicyclic) bond motifs is 1. The molecule has 1 saturated carbocycles. The Morgan fingerprint density at radius 1 is 1.60 bits per heavy atom. The molecule has 86 valence electrons. The molecule has 1 N–H and O–H groups in total. The SMILES string of the molecule is CC1C2C(COC(C)(C)O)OC(=O)C12C. The van der Waals surface area contributed by atoms with E-state index in [0.29, 0.717) is 5.92 Å². The van der Waals surface area contributed by atoms with Gasteiger partial charge < -0.3 is 14.6 Å². The quantitative estimate of drug-likeness (QED) is 0.561. The van der Waals surface area contributed by atoms with Gasteiger partial charge in [-0.1, -0.05) is 6.92 Å². The molecule has 0 aromatic rings. The molecule has 15 heavy (non-hydrogen) atoms. The third-order valence-corrected chi connectivity index (χ3v) is 3.77. The predicted octanol–water partition coefficient (Wildman–Crippen LogP) is 0.929. The summed E-state index contributed by atoms with van der Waals surface area (Å²) in [5, 5.41) is 9.41. The van der Waals surface area contributed by atoms with Crippen molar-refractivity contribution in [1.29, 1.82) is 0 Å². The molecule has 0 bridgehead atoms. The summed E-state index contributed by atoms with van der Waals surface area (Å²) in [6.45, 7) is 7.41. The van der Waals surface area contributed by atoms with E-state index in [0.717, 1.165) is 0 Å². The van der Waals surface area contributed by atoms with E-state index < -0.39 is 5.79 Å². The third kappa shape index (κ3) is 1.56. The van der Waals surface area contributed by atoms with Gasteiger partial charge in [0.1, 0.15) is 6.10 Å². The number of carbonyl (C=O) groups is 1. The Hall–Kier alpha value is -0.610. The van der Waals surface area contributed by atoms with Crippen LogP contribution >= 0.6 is 0 Å². The van der Waals surface area contributed by atoms with Gasteiger partial charge in [0, 0.05) is 5.92 Å². The number of hydrogen-bond donors (Lipinski definition) is 1. The largest absolute Gasteiger partial charge is 0.459 e. The van der Waals surface area contributed by atoms with Gasteiger partial charge in [0.25, 0.3) is 0 Å². The number of carbonyl (C=O) groups excluding carboxylic acids is 1. The van der Waals surface area contributed by atoms with Crippen LogP contribution in [-0.4, -0.2) is 29.6 Å². The minimum absolute atomic E-state index is 0.121. The molecule has 1 heterocycles. The molecule has 4 nitrogen and oxygen atoms in total. The fourth-order valence-electron chi connectivity index (χ4n) is 2.56. The molecule has 4 atom stereocenters. The Balaban J connectivity index is 1.95. The van der Waals surface area contributed by atoms with Gasteiger partial charge in [-0.25, -0.2) is 0 Å². The van der Waals surface area contributed by atoms with Gasteiger partial charge in [-0.3, -0.25) is 4.79 Å². The standard InChI is InChI=1S/C11H18O4/c1-6-8-7(5-14-10(2,3)13)15-9(12)11(6,8)4/h6-8,13H,5H2,1-4H3. The van der Waals surface area contributed by atoms with Crippen LogP contribution in [0.1, 0.15) is 27.7 Å². The van der Waals surface area contributed by atoms with Crippen LogP contribution in [0.5, 0.6) is 0 Å². The van der Waals surface area contributed by atoms with Crippen molar-refractivity contribution >= 4 is 5.97 Å². The summed E-state index contributed by atoms with van der Waals surface area (Å²) in [5.41, 5.74) is -0.298. The molecule has 4 unspecified atom stereocenters. The lowest BCUT2D eigenvalue weighted by atomic mass is 10.1. The van der Waals surface area contributed by atoms with Crippen molar-refractivity contribution in [2.45, 2.75) is 39.6 Å². The zero-order valence-electron chi connectivity index (χ0n) is 9.61. The van der Waals surface area contributed by atoms with Crippen molar-refractivity contribution in [2.24, 2.45) is 17.3 Å². The Kier molecular flexibility index (Phi) is 2.14. The van der Waals surface area contributed by atoms with Crippen LogP contribution in [0.25, 0.3) is 0 Å². The summed E-state index contributed by atoms with van der Waals surface area (Å²) in [7, 11) is 0. The lowest BCUT2D eigenvalue weighted by Gasteiger charge is -2.21. The number of cyclic esters (lactones) is 1. The summed E-state index contributed by atoms with van der Waals surface area (Å²) >= 11 is 0. The average Bonchev–Trinajstić information content (AvgIpc) is 2.50. The number of hydrogen-bond acceptors (Lipinski definition) is 4. The molecule has 1 aliphatic carbocycles. The maximum absolute atomic E-state index is 11.5. The summed E-state index contributed by atoms with van der Waals surface area (Å²) in [4.78, 5) is 11.5. The van der Waals surface area contributed by atoms with Gasteiger partial charge >= 0.3 is 5.97 Å². The number of esters is 1. The van der Waals surface area contributed by atoms with E-state index in [1.54, 1.807) is 13.8 Å². The first kappa shape index (κ1) is 10.9. The van der Waals surface area contributed by atoms with Crippen molar-refractivity contribution in [3.63, 3.8) is 0 Å². The summed E-state index contributed by atoms with van der Waals surface area (Å²) in [6.07, 6.45) is -0.191. The first-order valence-electron chi connectivity index (χ1n) is 5.34. The molecular weight excluding hydrogens is 196 g/mol. The molecule has 0 amide bonds. The van der Waals surface area contributed by atoms with Crippen molar-refractivity contribution in [3.05, 3.63) is 0 Å². The molecule has 4 heteroatoms. The number of aliphatic hydroxyl groups is 1. The Labute approximate surface area is 89.6 Å². The molecule has 0 aromatic carbocycles. The molecule has 1 aliphatic heterocycles. The Morgan fingerprint density at radius 2 is 2.20 bits per heavy atom. The van der Waals surface area contributed by atoms with Gasteiger partial charge in [-0.05, 0) is 26.7 Å². The molecular formula is C11H18O4. The highest BCUT2D eigenvalue weighted by atomic mass is 16.6. The number of ether oxygens (including phenoxy) is 2. The molecule has 2 aliphatic rings. The first-order chi connectivity index (χ1) is 6.77. The van der Waals surface area contributed by atoms with Crippen LogP contribution < -0.4 is 0 Å². The highest BCUT2D eigenvalue weighted by molar-refractivity contribution is 5.84. The van der Waals surface area contributed by atoms with E-state index in [9.17, 15) is 9.90 Å². The first-order valence-corrected chi connectivity index (χ1v) is 5.34. The second kappa shape index (κ2) is 2.95. The smallest absolute Gasteiger partial charge is 0.312 e. The highest BCUT2D eigenvalue weighted by Crippen LogP contribution is 2.65. The van der Waals surface area contributed by atoms with E-state index in [1.807, 2.05) is 6.92 Å². The lowest BCUT2D eigenvalue weighted by Crippen LogP contribution is -2.30. The second-order valence-electron chi connectivity index (χ2n) is 5.30. The minimum atomic E-state index is -1.16. The van der Waals surface area contributed by atoms with Crippen LogP contribution in [-0.2, 0) is 14.3 Å². The molecule has 0 aromatic heterocycles. The third-order valence-electron chi connectivity index (χ3n) is 3.77. The monoisotopic (exact) mass is 214 g/mol. The summed E-state index contributed by atoms with van der Waals surface area (Å²) in [5.74, 6) is -0.658. The topological polar surface area (TPSA) is 55.8 Å². The van der Waals surface area contributed by atoms with E-state index in [4.69, 9.17) is 9.47 Å². The van der Waals surface area contributed by atoms with Crippen molar-refractivity contribution < 1.29 is 19.4 Å². The van der Waals surface area contributed by atoms with E-state index in [2.05, 4.69) is 6.92 Å². The zero-order valence-corrected chi connectivity index (χ0v) is 9.61. The van der Waals surface area contributed by atoms with Gasteiger partial charge in [0.2, 0.25) is 0 Å². The van der Waals surface area contributed by atoms with Crippen LogP contribution in [0.2, 0.25) is 0 Å². The normalized spacial score (nSPS) is 43.8. The van der Waals surface area contributed by atoms with Gasteiger partial charge in [-0.15, -0.1) is 0 Å². The van der Waals surface area contributed by atoms with Crippen LogP contribution in [0.15, 0.2) is 0 Å². The zero-order chi connectivity index (χ0) is 11.4. The van der Waals surface area contributed by atoms with E-state index in [1.165, 1.54) is 0 Å². The summed E-state index contributed by atoms with van der Waals surface area (Å²) < 4.78 is 10.4. The Morgan fingerprint density at radius 3 is 2.60 bits per heavy atom. The van der Waals surface area contributed by atoms with Crippen LogP contribution in [0, 0.1) is 17.3 Å². The van der Waals surface area contributed by atoms with Crippen molar-refractivity contribution in [2.75, 3.05) is 6.61 Å². The van der Waals surface area contributed by atoms with E-state index in [-0.39, 0.29) is 30.0 Å². The Bertz CT molecular complexity index is 293. The maximum atomic E-state index is 11.5.